The molecule has 4 N–H and O–H groups in total. The first kappa shape index (κ1) is 14.0. The first-order valence-electron chi connectivity index (χ1n) is 6.10. The Morgan fingerprint density at radius 2 is 1.95 bits per heavy atom. The second-order valence-electron chi connectivity index (χ2n) is 4.64. The minimum absolute atomic E-state index is 0.186. The SMILES string of the molecule is NC(=O)NC(=O)CN1Cc2ccccc2C[C@H]1C(=O)O. The number of nitrogens with zero attached hydrogens (tertiary/aromatic N) is 1. The highest BCUT2D eigenvalue weighted by molar-refractivity contribution is 5.94. The topological polar surface area (TPSA) is 113 Å². The molecule has 0 radical (unpaired) electrons. The van der Waals surface area contributed by atoms with E-state index in [1.165, 1.54) is 4.90 Å². The maximum absolute atomic E-state index is 11.6. The van der Waals surface area contributed by atoms with Gasteiger partial charge < -0.3 is 10.8 Å². The summed E-state index contributed by atoms with van der Waals surface area (Å²) >= 11 is 0. The van der Waals surface area contributed by atoms with Crippen molar-refractivity contribution in [3.05, 3.63) is 35.4 Å². The Bertz CT molecular complexity index is 558. The summed E-state index contributed by atoms with van der Waals surface area (Å²) in [6.45, 7) is 0.160. The molecule has 1 heterocycles. The van der Waals surface area contributed by atoms with E-state index in [2.05, 4.69) is 0 Å². The van der Waals surface area contributed by atoms with Gasteiger partial charge in [0.05, 0.1) is 6.54 Å². The minimum atomic E-state index is -0.994. The third kappa shape index (κ3) is 3.12. The van der Waals surface area contributed by atoms with E-state index in [1.807, 2.05) is 29.6 Å². The van der Waals surface area contributed by atoms with Crippen molar-refractivity contribution < 1.29 is 19.5 Å². The number of nitrogens with one attached hydrogen (secondary N) is 1. The van der Waals surface area contributed by atoms with Crippen LogP contribution in [0.3, 0.4) is 0 Å². The molecule has 106 valence electrons. The number of primary amides is 1. The Balaban J connectivity index is 2.16. The lowest BCUT2D eigenvalue weighted by Crippen LogP contribution is -2.50. The third-order valence-electron chi connectivity index (χ3n) is 3.24. The van der Waals surface area contributed by atoms with Crippen molar-refractivity contribution in [3.8, 4) is 0 Å². The Kier molecular flexibility index (Phi) is 3.99. The molecule has 0 spiro atoms. The van der Waals surface area contributed by atoms with E-state index in [9.17, 15) is 19.5 Å². The number of nitrogens with two attached hydrogens (primary N) is 1. The van der Waals surface area contributed by atoms with Crippen LogP contribution in [0.25, 0.3) is 0 Å². The third-order valence-corrected chi connectivity index (χ3v) is 3.24. The number of hydrogen-bond acceptors (Lipinski definition) is 4. The lowest BCUT2D eigenvalue weighted by Gasteiger charge is -2.33. The predicted molar refractivity (Wildman–Crippen MR) is 69.7 cm³/mol. The summed E-state index contributed by atoms with van der Waals surface area (Å²) in [5, 5.41) is 11.2. The highest BCUT2D eigenvalue weighted by Gasteiger charge is 2.32. The van der Waals surface area contributed by atoms with Crippen molar-refractivity contribution in [3.63, 3.8) is 0 Å². The number of amides is 3. The molecule has 0 aliphatic carbocycles. The monoisotopic (exact) mass is 277 g/mol. The summed E-state index contributed by atoms with van der Waals surface area (Å²) in [6.07, 6.45) is 0.329. The lowest BCUT2D eigenvalue weighted by molar-refractivity contribution is -0.144. The summed E-state index contributed by atoms with van der Waals surface area (Å²) in [4.78, 5) is 35.0. The van der Waals surface area contributed by atoms with Crippen LogP contribution < -0.4 is 11.1 Å². The second-order valence-corrected chi connectivity index (χ2v) is 4.64. The fraction of sp³-hybridized carbons (Fsp3) is 0.308. The quantitative estimate of drug-likeness (QED) is 0.701. The van der Waals surface area contributed by atoms with Gasteiger partial charge >= 0.3 is 12.0 Å². The van der Waals surface area contributed by atoms with E-state index in [-0.39, 0.29) is 6.54 Å². The van der Waals surface area contributed by atoms with Gasteiger partial charge in [-0.1, -0.05) is 24.3 Å². The number of carboxylic acids is 1. The molecule has 0 saturated heterocycles. The van der Waals surface area contributed by atoms with Crippen LogP contribution in [0.1, 0.15) is 11.1 Å². The van der Waals surface area contributed by atoms with E-state index in [4.69, 9.17) is 5.73 Å². The maximum Gasteiger partial charge on any atom is 0.321 e. The van der Waals surface area contributed by atoms with E-state index in [0.717, 1.165) is 11.1 Å². The molecule has 0 unspecified atom stereocenters. The normalized spacial score (nSPS) is 18.1. The van der Waals surface area contributed by atoms with E-state index in [0.29, 0.717) is 13.0 Å². The zero-order valence-corrected chi connectivity index (χ0v) is 10.7. The summed E-state index contributed by atoms with van der Waals surface area (Å²) < 4.78 is 0. The molecule has 1 aromatic carbocycles. The first-order valence-corrected chi connectivity index (χ1v) is 6.10. The van der Waals surface area contributed by atoms with Crippen molar-refractivity contribution >= 4 is 17.9 Å². The zero-order chi connectivity index (χ0) is 14.7. The maximum atomic E-state index is 11.6. The van der Waals surface area contributed by atoms with E-state index < -0.39 is 23.9 Å². The van der Waals surface area contributed by atoms with Gasteiger partial charge in [0.25, 0.3) is 0 Å². The average molecular weight is 277 g/mol. The number of rotatable bonds is 3. The van der Waals surface area contributed by atoms with Crippen molar-refractivity contribution in [2.45, 2.75) is 19.0 Å². The average Bonchev–Trinajstić information content (AvgIpc) is 2.36. The van der Waals surface area contributed by atoms with Crippen molar-refractivity contribution in [2.24, 2.45) is 5.73 Å². The fourth-order valence-corrected chi connectivity index (χ4v) is 2.35. The molecule has 1 atom stereocenters. The van der Waals surface area contributed by atoms with Crippen LogP contribution >= 0.6 is 0 Å². The van der Waals surface area contributed by atoms with Gasteiger partial charge in [-0.05, 0) is 17.5 Å². The van der Waals surface area contributed by atoms with Gasteiger partial charge in [0.2, 0.25) is 5.91 Å². The van der Waals surface area contributed by atoms with Crippen LogP contribution in [0.5, 0.6) is 0 Å². The lowest BCUT2D eigenvalue weighted by atomic mass is 9.94. The molecule has 1 aliphatic rings. The number of imide groups is 1. The molecular weight excluding hydrogens is 262 g/mol. The van der Waals surface area contributed by atoms with Gasteiger partial charge in [-0.3, -0.25) is 19.8 Å². The van der Waals surface area contributed by atoms with Crippen molar-refractivity contribution in [1.29, 1.82) is 0 Å². The van der Waals surface area contributed by atoms with E-state index in [1.54, 1.807) is 0 Å². The highest BCUT2D eigenvalue weighted by Crippen LogP contribution is 2.23. The molecule has 7 nitrogen and oxygen atoms in total. The first-order chi connectivity index (χ1) is 9.47. The standard InChI is InChI=1S/C13H15N3O4/c14-13(20)15-11(17)7-16-6-9-4-2-1-3-8(9)5-10(16)12(18)19/h1-4,10H,5-7H2,(H,18,19)(H3,14,15,17,20)/t10-/m0/s1. The molecule has 2 rings (SSSR count). The minimum Gasteiger partial charge on any atom is -0.480 e. The number of carbonyl (C=O) groups is 3. The van der Waals surface area contributed by atoms with E-state index >= 15 is 0 Å². The Morgan fingerprint density at radius 1 is 1.30 bits per heavy atom. The molecule has 0 fully saturated rings. The molecule has 1 aliphatic heterocycles. The number of carbonyl (C=O) groups excluding carboxylic acids is 2. The number of benzene rings is 1. The Morgan fingerprint density at radius 3 is 2.55 bits per heavy atom. The number of urea groups is 1. The number of fused-ring (bicyclic) bond motifs is 1. The highest BCUT2D eigenvalue weighted by atomic mass is 16.4. The zero-order valence-electron chi connectivity index (χ0n) is 10.7. The summed E-state index contributed by atoms with van der Waals surface area (Å²) in [5.74, 6) is -1.60. The van der Waals surface area contributed by atoms with Crippen molar-refractivity contribution in [2.75, 3.05) is 6.54 Å². The smallest absolute Gasteiger partial charge is 0.321 e. The Labute approximate surface area is 115 Å². The van der Waals surface area contributed by atoms with Crippen LogP contribution in [0, 0.1) is 0 Å². The fourth-order valence-electron chi connectivity index (χ4n) is 2.35. The van der Waals surface area contributed by atoms with Gasteiger partial charge in [0.1, 0.15) is 6.04 Å². The number of carboxylic acid groups (broad SMARTS) is 1. The predicted octanol–water partition coefficient (Wildman–Crippen LogP) is -0.307. The summed E-state index contributed by atoms with van der Waals surface area (Å²) in [5.41, 5.74) is 6.81. The molecule has 0 aromatic heterocycles. The summed E-state index contributed by atoms with van der Waals surface area (Å²) in [7, 11) is 0. The van der Waals surface area contributed by atoms with Crippen LogP contribution in [0.2, 0.25) is 0 Å². The molecule has 0 bridgehead atoms. The Hall–Kier alpha value is -2.41. The van der Waals surface area contributed by atoms with Crippen LogP contribution in [0.4, 0.5) is 4.79 Å². The van der Waals surface area contributed by atoms with Gasteiger partial charge in [-0.15, -0.1) is 0 Å². The number of aliphatic carboxylic acids is 1. The molecular formula is C13H15N3O4. The molecule has 1 aromatic rings. The van der Waals surface area contributed by atoms with Gasteiger partial charge in [-0.25, -0.2) is 4.79 Å². The van der Waals surface area contributed by atoms with Gasteiger partial charge in [-0.2, -0.15) is 0 Å². The van der Waals surface area contributed by atoms with Crippen LogP contribution in [0.15, 0.2) is 24.3 Å². The van der Waals surface area contributed by atoms with Gasteiger partial charge in [0, 0.05) is 6.54 Å². The van der Waals surface area contributed by atoms with Crippen LogP contribution in [-0.2, 0) is 22.6 Å². The molecule has 7 heteroatoms. The molecule has 0 saturated carbocycles. The van der Waals surface area contributed by atoms with Crippen molar-refractivity contribution in [1.82, 2.24) is 10.2 Å². The van der Waals surface area contributed by atoms with Gasteiger partial charge in [0.15, 0.2) is 0 Å². The van der Waals surface area contributed by atoms with Crippen LogP contribution in [-0.4, -0.2) is 40.5 Å². The summed E-state index contributed by atoms with van der Waals surface area (Å²) in [6, 6.07) is 5.76. The largest absolute Gasteiger partial charge is 0.480 e. The second kappa shape index (κ2) is 5.70. The molecule has 20 heavy (non-hydrogen) atoms. The number of hydrogen-bond donors (Lipinski definition) is 3. The molecule has 3 amide bonds.